The van der Waals surface area contributed by atoms with Gasteiger partial charge in [0.25, 0.3) is 0 Å². The van der Waals surface area contributed by atoms with Gasteiger partial charge in [-0.2, -0.15) is 0 Å². The lowest BCUT2D eigenvalue weighted by Gasteiger charge is -2.10. The van der Waals surface area contributed by atoms with Crippen LogP contribution in [0, 0.1) is 0 Å². The summed E-state index contributed by atoms with van der Waals surface area (Å²) >= 11 is 15.0. The van der Waals surface area contributed by atoms with Crippen LogP contribution < -0.4 is 5.32 Å². The van der Waals surface area contributed by atoms with Gasteiger partial charge >= 0.3 is 0 Å². The Balaban J connectivity index is 2.40. The fraction of sp³-hybridized carbons (Fsp3) is 0.200. The zero-order valence-electron chi connectivity index (χ0n) is 7.84. The molecule has 1 aliphatic rings. The average Bonchev–Trinajstić information content (AvgIpc) is 2.47. The highest BCUT2D eigenvalue weighted by Gasteiger charge is 2.41. The Morgan fingerprint density at radius 1 is 1.25 bits per heavy atom. The summed E-state index contributed by atoms with van der Waals surface area (Å²) in [7, 11) is 0. The van der Waals surface area contributed by atoms with E-state index in [1.165, 1.54) is 0 Å². The van der Waals surface area contributed by atoms with Crippen molar-refractivity contribution in [2.75, 3.05) is 0 Å². The van der Waals surface area contributed by atoms with Crippen LogP contribution in [-0.2, 0) is 9.59 Å². The molecule has 16 heavy (non-hydrogen) atoms. The Morgan fingerprint density at radius 3 is 2.44 bits per heavy atom. The quantitative estimate of drug-likeness (QED) is 0.637. The molecule has 0 bridgehead atoms. The average molecular weight is 323 g/mol. The fourth-order valence-corrected chi connectivity index (χ4v) is 2.41. The Morgan fingerprint density at radius 2 is 1.94 bits per heavy atom. The summed E-state index contributed by atoms with van der Waals surface area (Å²) in [6, 6.07) is 5.03. The van der Waals surface area contributed by atoms with E-state index in [0.717, 1.165) is 0 Å². The Hall–Kier alpha value is -0.580. The van der Waals surface area contributed by atoms with Crippen molar-refractivity contribution in [2.24, 2.45) is 0 Å². The predicted octanol–water partition coefficient (Wildman–Crippen LogP) is 2.45. The van der Waals surface area contributed by atoms with E-state index in [2.05, 4.69) is 21.2 Å². The summed E-state index contributed by atoms with van der Waals surface area (Å²) in [5.41, 5.74) is 0.666. The van der Waals surface area contributed by atoms with Gasteiger partial charge in [0.2, 0.25) is 11.8 Å². The molecule has 1 aliphatic heterocycles. The lowest BCUT2D eigenvalue weighted by atomic mass is 9.97. The summed E-state index contributed by atoms with van der Waals surface area (Å²) in [6.45, 7) is 0. The van der Waals surface area contributed by atoms with Gasteiger partial charge in [-0.1, -0.05) is 17.7 Å². The van der Waals surface area contributed by atoms with Gasteiger partial charge in [0, 0.05) is 4.47 Å². The Bertz CT molecular complexity index is 478. The first-order valence-electron chi connectivity index (χ1n) is 4.44. The number of hydrogen-bond acceptors (Lipinski definition) is 2. The van der Waals surface area contributed by atoms with Crippen molar-refractivity contribution in [1.82, 2.24) is 5.32 Å². The normalized spacial score (nSPS) is 24.7. The summed E-state index contributed by atoms with van der Waals surface area (Å²) in [5.74, 6) is -1.48. The number of carbonyl (C=O) groups excluding carboxylic acids is 2. The van der Waals surface area contributed by atoms with Crippen LogP contribution in [-0.4, -0.2) is 17.2 Å². The van der Waals surface area contributed by atoms with Gasteiger partial charge in [0.05, 0.1) is 10.9 Å². The number of benzene rings is 1. The Kier molecular flexibility index (Phi) is 3.24. The first-order chi connectivity index (χ1) is 7.50. The molecule has 1 aromatic rings. The number of halogens is 3. The molecule has 0 saturated carbocycles. The van der Waals surface area contributed by atoms with Crippen LogP contribution in [0.1, 0.15) is 11.5 Å². The minimum absolute atomic E-state index is 0.376. The number of carbonyl (C=O) groups is 2. The number of imide groups is 1. The number of hydrogen-bond donors (Lipinski definition) is 1. The lowest BCUT2D eigenvalue weighted by Crippen LogP contribution is -2.22. The van der Waals surface area contributed by atoms with Gasteiger partial charge < -0.3 is 0 Å². The third-order valence-corrected chi connectivity index (χ3v) is 4.04. The van der Waals surface area contributed by atoms with Gasteiger partial charge in [-0.05, 0) is 33.6 Å². The van der Waals surface area contributed by atoms with Gasteiger partial charge in [-0.15, -0.1) is 11.6 Å². The van der Waals surface area contributed by atoms with Crippen molar-refractivity contribution in [2.45, 2.75) is 11.3 Å². The summed E-state index contributed by atoms with van der Waals surface area (Å²) in [6.07, 6.45) is 0. The molecule has 1 N–H and O–H groups in total. The molecular formula is C10H6BrCl2NO2. The molecule has 3 nitrogen and oxygen atoms in total. The van der Waals surface area contributed by atoms with Crippen molar-refractivity contribution >= 4 is 50.9 Å². The standard InChI is InChI=1S/C10H6BrCl2NO2/c11-5-3-4(1-2-6(5)12)7-8(13)10(16)14-9(7)15/h1-3,7-8H,(H,14,15,16). The predicted molar refractivity (Wildman–Crippen MR) is 64.7 cm³/mol. The number of amides is 2. The highest BCUT2D eigenvalue weighted by molar-refractivity contribution is 9.10. The minimum atomic E-state index is -0.861. The maximum absolute atomic E-state index is 11.5. The monoisotopic (exact) mass is 321 g/mol. The van der Waals surface area contributed by atoms with E-state index in [4.69, 9.17) is 23.2 Å². The van der Waals surface area contributed by atoms with E-state index in [1.807, 2.05) is 0 Å². The van der Waals surface area contributed by atoms with Crippen LogP contribution in [0.15, 0.2) is 22.7 Å². The van der Waals surface area contributed by atoms with Crippen molar-refractivity contribution in [1.29, 1.82) is 0 Å². The Labute approximate surface area is 110 Å². The van der Waals surface area contributed by atoms with Crippen molar-refractivity contribution in [3.05, 3.63) is 33.3 Å². The second-order valence-corrected chi connectivity index (χ2v) is 5.14. The molecule has 2 amide bonds. The molecule has 84 valence electrons. The topological polar surface area (TPSA) is 46.2 Å². The van der Waals surface area contributed by atoms with E-state index >= 15 is 0 Å². The van der Waals surface area contributed by atoms with Crippen LogP contribution in [0.25, 0.3) is 0 Å². The van der Waals surface area contributed by atoms with Gasteiger partial charge in [-0.25, -0.2) is 0 Å². The van der Waals surface area contributed by atoms with E-state index in [-0.39, 0.29) is 5.91 Å². The summed E-state index contributed by atoms with van der Waals surface area (Å²) < 4.78 is 0.669. The molecule has 2 atom stereocenters. The second kappa shape index (κ2) is 4.35. The molecule has 1 fully saturated rings. The minimum Gasteiger partial charge on any atom is -0.295 e. The molecule has 0 aliphatic carbocycles. The fourth-order valence-electron chi connectivity index (χ4n) is 1.58. The van der Waals surface area contributed by atoms with Crippen LogP contribution in [0.5, 0.6) is 0 Å². The molecule has 6 heteroatoms. The van der Waals surface area contributed by atoms with Gasteiger partial charge in [0.15, 0.2) is 0 Å². The number of alkyl halides is 1. The van der Waals surface area contributed by atoms with E-state index < -0.39 is 17.2 Å². The number of rotatable bonds is 1. The largest absolute Gasteiger partial charge is 0.295 e. The second-order valence-electron chi connectivity index (χ2n) is 3.41. The molecular weight excluding hydrogens is 317 g/mol. The van der Waals surface area contributed by atoms with Crippen molar-refractivity contribution in [3.8, 4) is 0 Å². The molecule has 2 rings (SSSR count). The van der Waals surface area contributed by atoms with Crippen molar-refractivity contribution in [3.63, 3.8) is 0 Å². The SMILES string of the molecule is O=C1NC(=O)C(c2ccc(Cl)c(Br)c2)C1Cl. The van der Waals surface area contributed by atoms with Gasteiger partial charge in [-0.3, -0.25) is 14.9 Å². The van der Waals surface area contributed by atoms with Crippen LogP contribution >= 0.6 is 39.1 Å². The van der Waals surface area contributed by atoms with E-state index in [9.17, 15) is 9.59 Å². The van der Waals surface area contributed by atoms with Gasteiger partial charge in [0.1, 0.15) is 5.38 Å². The number of nitrogens with one attached hydrogen (secondary N) is 1. The smallest absolute Gasteiger partial charge is 0.245 e. The lowest BCUT2D eigenvalue weighted by molar-refractivity contribution is -0.125. The van der Waals surface area contributed by atoms with E-state index in [0.29, 0.717) is 15.1 Å². The molecule has 1 aromatic carbocycles. The first kappa shape index (κ1) is 11.9. The molecule has 0 aromatic heterocycles. The molecule has 1 heterocycles. The molecule has 0 radical (unpaired) electrons. The summed E-state index contributed by atoms with van der Waals surface area (Å²) in [4.78, 5) is 22.7. The first-order valence-corrected chi connectivity index (χ1v) is 6.05. The molecule has 2 unspecified atom stereocenters. The van der Waals surface area contributed by atoms with E-state index in [1.54, 1.807) is 18.2 Å². The zero-order valence-corrected chi connectivity index (χ0v) is 10.9. The van der Waals surface area contributed by atoms with Crippen LogP contribution in [0.4, 0.5) is 0 Å². The molecule has 1 saturated heterocycles. The highest BCUT2D eigenvalue weighted by Crippen LogP contribution is 2.32. The third kappa shape index (κ3) is 1.97. The van der Waals surface area contributed by atoms with Crippen LogP contribution in [0.2, 0.25) is 5.02 Å². The highest BCUT2D eigenvalue weighted by atomic mass is 79.9. The summed E-state index contributed by atoms with van der Waals surface area (Å²) in [5, 5.41) is 1.87. The zero-order chi connectivity index (χ0) is 11.9. The van der Waals surface area contributed by atoms with Crippen LogP contribution in [0.3, 0.4) is 0 Å². The van der Waals surface area contributed by atoms with Crippen molar-refractivity contribution < 1.29 is 9.59 Å². The maximum atomic E-state index is 11.5. The molecule has 0 spiro atoms. The third-order valence-electron chi connectivity index (χ3n) is 2.37. The maximum Gasteiger partial charge on any atom is 0.245 e.